The van der Waals surface area contributed by atoms with E-state index in [1.807, 2.05) is 7.05 Å². The fourth-order valence-electron chi connectivity index (χ4n) is 3.18. The normalized spacial score (nSPS) is 26.0. The first-order valence-electron chi connectivity index (χ1n) is 6.94. The Hall–Kier alpha value is -0.860. The highest BCUT2D eigenvalue weighted by atomic mass is 16.5. The van der Waals surface area contributed by atoms with Crippen molar-refractivity contribution in [3.8, 4) is 0 Å². The van der Waals surface area contributed by atoms with Crippen LogP contribution in [0.4, 0.5) is 0 Å². The Morgan fingerprint density at radius 3 is 2.33 bits per heavy atom. The molecule has 1 aromatic rings. The fourth-order valence-corrected chi connectivity index (χ4v) is 3.18. The molecule has 0 radical (unpaired) electrons. The molecule has 1 aliphatic rings. The van der Waals surface area contributed by atoms with Gasteiger partial charge in [0.1, 0.15) is 0 Å². The van der Waals surface area contributed by atoms with Crippen molar-refractivity contribution in [2.75, 3.05) is 13.7 Å². The predicted octanol–water partition coefficient (Wildman–Crippen LogP) is 3.52. The average molecular weight is 247 g/mol. The second-order valence-corrected chi connectivity index (χ2v) is 5.76. The van der Waals surface area contributed by atoms with Gasteiger partial charge in [-0.25, -0.2) is 0 Å². The van der Waals surface area contributed by atoms with E-state index in [1.165, 1.54) is 29.5 Å². The highest BCUT2D eigenvalue weighted by Crippen LogP contribution is 2.36. The van der Waals surface area contributed by atoms with Crippen molar-refractivity contribution in [3.05, 3.63) is 34.9 Å². The summed E-state index contributed by atoms with van der Waals surface area (Å²) in [5.74, 6) is 0. The van der Waals surface area contributed by atoms with Gasteiger partial charge < -0.3 is 10.1 Å². The highest BCUT2D eigenvalue weighted by Gasteiger charge is 2.36. The van der Waals surface area contributed by atoms with Crippen LogP contribution in [0, 0.1) is 13.8 Å². The minimum absolute atomic E-state index is 0.0762. The van der Waals surface area contributed by atoms with Crippen molar-refractivity contribution in [1.29, 1.82) is 0 Å². The molecule has 0 spiro atoms. The second kappa shape index (κ2) is 5.41. The summed E-state index contributed by atoms with van der Waals surface area (Å²) in [4.78, 5) is 0. The number of benzene rings is 1. The van der Waals surface area contributed by atoms with E-state index >= 15 is 0 Å². The molecule has 1 aromatic carbocycles. The Labute approximate surface area is 111 Å². The van der Waals surface area contributed by atoms with Crippen LogP contribution in [0.3, 0.4) is 0 Å². The quantitative estimate of drug-likeness (QED) is 0.882. The number of nitrogens with one attached hydrogen (secondary N) is 1. The van der Waals surface area contributed by atoms with Crippen molar-refractivity contribution < 1.29 is 4.74 Å². The van der Waals surface area contributed by atoms with Gasteiger partial charge in [0.15, 0.2) is 0 Å². The van der Waals surface area contributed by atoms with Crippen LogP contribution in [0.25, 0.3) is 0 Å². The Kier molecular flexibility index (Phi) is 4.08. The number of hydrogen-bond acceptors (Lipinski definition) is 2. The topological polar surface area (TPSA) is 21.3 Å². The van der Waals surface area contributed by atoms with E-state index in [4.69, 9.17) is 4.74 Å². The minimum atomic E-state index is -0.0762. The molecule has 2 atom stereocenters. The van der Waals surface area contributed by atoms with Crippen molar-refractivity contribution in [1.82, 2.24) is 5.32 Å². The number of rotatable bonds is 3. The molecule has 100 valence electrons. The SMILES string of the molecule is CNC(c1cc(C)cc(C)c1)C1(C)CCCCO1. The van der Waals surface area contributed by atoms with Crippen molar-refractivity contribution in [2.24, 2.45) is 0 Å². The minimum Gasteiger partial charge on any atom is -0.373 e. The van der Waals surface area contributed by atoms with Gasteiger partial charge in [-0.15, -0.1) is 0 Å². The Bertz CT molecular complexity index is 387. The van der Waals surface area contributed by atoms with E-state index in [1.54, 1.807) is 0 Å². The van der Waals surface area contributed by atoms with E-state index in [2.05, 4.69) is 44.3 Å². The maximum atomic E-state index is 6.09. The van der Waals surface area contributed by atoms with Crippen LogP contribution in [0.2, 0.25) is 0 Å². The lowest BCUT2D eigenvalue weighted by atomic mass is 9.83. The number of aryl methyl sites for hydroxylation is 2. The van der Waals surface area contributed by atoms with Gasteiger partial charge in [-0.1, -0.05) is 29.3 Å². The van der Waals surface area contributed by atoms with Gasteiger partial charge >= 0.3 is 0 Å². The van der Waals surface area contributed by atoms with Crippen LogP contribution in [-0.4, -0.2) is 19.3 Å². The molecule has 1 aliphatic heterocycles. The molecule has 0 saturated carbocycles. The zero-order valence-electron chi connectivity index (χ0n) is 12.0. The Morgan fingerprint density at radius 2 is 1.83 bits per heavy atom. The monoisotopic (exact) mass is 247 g/mol. The summed E-state index contributed by atoms with van der Waals surface area (Å²) in [6, 6.07) is 7.05. The van der Waals surface area contributed by atoms with Crippen LogP contribution in [0.5, 0.6) is 0 Å². The van der Waals surface area contributed by atoms with E-state index in [9.17, 15) is 0 Å². The van der Waals surface area contributed by atoms with Gasteiger partial charge in [0.05, 0.1) is 11.6 Å². The van der Waals surface area contributed by atoms with Gasteiger partial charge in [-0.3, -0.25) is 0 Å². The summed E-state index contributed by atoms with van der Waals surface area (Å²) in [6.45, 7) is 7.45. The third kappa shape index (κ3) is 2.76. The number of hydrogen-bond donors (Lipinski definition) is 1. The summed E-state index contributed by atoms with van der Waals surface area (Å²) in [5, 5.41) is 3.46. The van der Waals surface area contributed by atoms with Crippen LogP contribution in [-0.2, 0) is 4.74 Å². The molecule has 2 heteroatoms. The fraction of sp³-hybridized carbons (Fsp3) is 0.625. The molecular formula is C16H25NO. The molecule has 0 aromatic heterocycles. The van der Waals surface area contributed by atoms with Crippen molar-refractivity contribution >= 4 is 0 Å². The molecule has 1 N–H and O–H groups in total. The molecule has 0 aliphatic carbocycles. The predicted molar refractivity (Wildman–Crippen MR) is 75.9 cm³/mol. The summed E-state index contributed by atoms with van der Waals surface area (Å²) in [6.07, 6.45) is 3.59. The first kappa shape index (κ1) is 13.6. The van der Waals surface area contributed by atoms with Crippen LogP contribution < -0.4 is 5.32 Å². The highest BCUT2D eigenvalue weighted by molar-refractivity contribution is 5.32. The van der Waals surface area contributed by atoms with Crippen LogP contribution >= 0.6 is 0 Å². The molecule has 2 rings (SSSR count). The smallest absolute Gasteiger partial charge is 0.0848 e. The standard InChI is InChI=1S/C16H25NO/c1-12-9-13(2)11-14(10-12)15(17-4)16(3)7-5-6-8-18-16/h9-11,15,17H,5-8H2,1-4H3. The number of likely N-dealkylation sites (N-methyl/N-ethyl adjacent to an activating group) is 1. The lowest BCUT2D eigenvalue weighted by Gasteiger charge is -2.41. The third-order valence-corrected chi connectivity index (χ3v) is 3.98. The Morgan fingerprint density at radius 1 is 1.17 bits per heavy atom. The molecule has 18 heavy (non-hydrogen) atoms. The molecule has 0 bridgehead atoms. The number of ether oxygens (including phenoxy) is 1. The molecule has 2 unspecified atom stereocenters. The summed E-state index contributed by atoms with van der Waals surface area (Å²) >= 11 is 0. The summed E-state index contributed by atoms with van der Waals surface area (Å²) in [5.41, 5.74) is 3.92. The first-order valence-corrected chi connectivity index (χ1v) is 6.94. The van der Waals surface area contributed by atoms with Gasteiger partial charge in [-0.05, 0) is 52.6 Å². The van der Waals surface area contributed by atoms with Crippen LogP contribution in [0.1, 0.15) is 48.9 Å². The molecular weight excluding hydrogens is 222 g/mol. The Balaban J connectivity index is 2.31. The maximum Gasteiger partial charge on any atom is 0.0848 e. The molecule has 2 nitrogen and oxygen atoms in total. The lowest BCUT2D eigenvalue weighted by molar-refractivity contribution is -0.0884. The molecule has 1 heterocycles. The molecule has 0 amide bonds. The van der Waals surface area contributed by atoms with E-state index < -0.39 is 0 Å². The zero-order chi connectivity index (χ0) is 13.2. The molecule has 1 saturated heterocycles. The molecule has 1 fully saturated rings. The van der Waals surface area contributed by atoms with Gasteiger partial charge in [0, 0.05) is 6.61 Å². The third-order valence-electron chi connectivity index (χ3n) is 3.98. The lowest BCUT2D eigenvalue weighted by Crippen LogP contribution is -2.44. The summed E-state index contributed by atoms with van der Waals surface area (Å²) in [7, 11) is 2.03. The van der Waals surface area contributed by atoms with Gasteiger partial charge in [-0.2, -0.15) is 0 Å². The van der Waals surface area contributed by atoms with Gasteiger partial charge in [0.25, 0.3) is 0 Å². The van der Waals surface area contributed by atoms with E-state index in [0.29, 0.717) is 0 Å². The zero-order valence-corrected chi connectivity index (χ0v) is 12.0. The second-order valence-electron chi connectivity index (χ2n) is 5.76. The first-order chi connectivity index (χ1) is 8.55. The van der Waals surface area contributed by atoms with Crippen molar-refractivity contribution in [2.45, 2.75) is 51.7 Å². The summed E-state index contributed by atoms with van der Waals surface area (Å²) < 4.78 is 6.09. The average Bonchev–Trinajstić information content (AvgIpc) is 2.29. The van der Waals surface area contributed by atoms with Crippen LogP contribution in [0.15, 0.2) is 18.2 Å². The van der Waals surface area contributed by atoms with E-state index in [-0.39, 0.29) is 11.6 Å². The van der Waals surface area contributed by atoms with Crippen molar-refractivity contribution in [3.63, 3.8) is 0 Å². The maximum absolute atomic E-state index is 6.09. The van der Waals surface area contributed by atoms with E-state index in [0.717, 1.165) is 13.0 Å². The largest absolute Gasteiger partial charge is 0.373 e. The van der Waals surface area contributed by atoms with Gasteiger partial charge in [0.2, 0.25) is 0 Å².